The van der Waals surface area contributed by atoms with Gasteiger partial charge in [-0.05, 0) is 22.8 Å². The van der Waals surface area contributed by atoms with Gasteiger partial charge in [-0.3, -0.25) is 9.59 Å². The Bertz CT molecular complexity index is 991. The van der Waals surface area contributed by atoms with Gasteiger partial charge in [0.15, 0.2) is 0 Å². The number of H-pyrrole nitrogens is 1. The Morgan fingerprint density at radius 2 is 1.81 bits per heavy atom. The average molecular weight is 430 g/mol. The molecule has 1 aromatic heterocycles. The Labute approximate surface area is 184 Å². The highest BCUT2D eigenvalue weighted by molar-refractivity contribution is 6.06. The van der Waals surface area contributed by atoms with Crippen LogP contribution in [-0.4, -0.2) is 34.6 Å². The summed E-state index contributed by atoms with van der Waals surface area (Å²) in [5.41, 5.74) is 0.894. The zero-order valence-electron chi connectivity index (χ0n) is 20.1. The van der Waals surface area contributed by atoms with E-state index in [1.165, 1.54) is 6.20 Å². The fourth-order valence-corrected chi connectivity index (χ4v) is 3.57. The van der Waals surface area contributed by atoms with E-state index in [2.05, 4.69) is 9.97 Å². The molecule has 0 aliphatic carbocycles. The summed E-state index contributed by atoms with van der Waals surface area (Å²) in [5, 5.41) is 11.2. The molecule has 2 N–H and O–H groups in total. The van der Waals surface area contributed by atoms with Crippen molar-refractivity contribution in [3.05, 3.63) is 45.6 Å². The number of ether oxygens (including phenoxy) is 1. The van der Waals surface area contributed by atoms with Crippen molar-refractivity contribution in [3.8, 4) is 11.5 Å². The molecule has 31 heavy (non-hydrogen) atoms. The maximum atomic E-state index is 13.5. The quantitative estimate of drug-likeness (QED) is 0.735. The monoisotopic (exact) mass is 429 g/mol. The number of nitrogens with zero attached hydrogens (tertiary/aromatic N) is 2. The van der Waals surface area contributed by atoms with Gasteiger partial charge in [0.25, 0.3) is 11.5 Å². The van der Waals surface area contributed by atoms with Crippen molar-refractivity contribution in [3.63, 3.8) is 0 Å². The SMILES string of the molecule is COc1c(N(CC(C)C)C(=O)c2c[nH]c(=O)cn2)cc(C(C)(C)C)c(O)c1C(C)(C)C. The Kier molecular flexibility index (Phi) is 6.88. The van der Waals surface area contributed by atoms with Crippen LogP contribution in [0.2, 0.25) is 0 Å². The molecule has 0 atom stereocenters. The predicted molar refractivity (Wildman–Crippen MR) is 123 cm³/mol. The van der Waals surface area contributed by atoms with Crippen molar-refractivity contribution in [1.29, 1.82) is 0 Å². The molecule has 1 heterocycles. The molecule has 170 valence electrons. The topological polar surface area (TPSA) is 95.5 Å². The lowest BCUT2D eigenvalue weighted by Crippen LogP contribution is -2.36. The predicted octanol–water partition coefficient (Wildman–Crippen LogP) is 4.38. The van der Waals surface area contributed by atoms with Crippen molar-refractivity contribution in [2.75, 3.05) is 18.6 Å². The second-order valence-corrected chi connectivity index (χ2v) is 10.3. The molecule has 0 aliphatic heterocycles. The second kappa shape index (κ2) is 8.73. The summed E-state index contributed by atoms with van der Waals surface area (Å²) in [6.45, 7) is 16.5. The molecule has 0 spiro atoms. The number of phenols is 1. The second-order valence-electron chi connectivity index (χ2n) is 10.3. The first-order valence-electron chi connectivity index (χ1n) is 10.5. The minimum absolute atomic E-state index is 0.130. The Hall–Kier alpha value is -2.83. The molecule has 0 fully saturated rings. The minimum atomic E-state index is -0.436. The van der Waals surface area contributed by atoms with Crippen LogP contribution in [0, 0.1) is 5.92 Å². The van der Waals surface area contributed by atoms with E-state index in [0.717, 1.165) is 11.8 Å². The summed E-state index contributed by atoms with van der Waals surface area (Å²) in [4.78, 5) is 33.1. The van der Waals surface area contributed by atoms with E-state index in [4.69, 9.17) is 4.74 Å². The zero-order chi connectivity index (χ0) is 23.7. The molecular weight excluding hydrogens is 394 g/mol. The number of benzene rings is 1. The largest absolute Gasteiger partial charge is 0.507 e. The van der Waals surface area contributed by atoms with Crippen LogP contribution < -0.4 is 15.2 Å². The molecule has 1 amide bonds. The number of aromatic hydroxyl groups is 1. The van der Waals surface area contributed by atoms with Crippen molar-refractivity contribution >= 4 is 11.6 Å². The maximum Gasteiger partial charge on any atom is 0.278 e. The molecule has 7 nitrogen and oxygen atoms in total. The smallest absolute Gasteiger partial charge is 0.278 e. The molecule has 0 aliphatic rings. The van der Waals surface area contributed by atoms with Crippen LogP contribution >= 0.6 is 0 Å². The van der Waals surface area contributed by atoms with Crippen molar-refractivity contribution in [2.24, 2.45) is 5.92 Å². The van der Waals surface area contributed by atoms with E-state index in [9.17, 15) is 14.7 Å². The summed E-state index contributed by atoms with van der Waals surface area (Å²) in [7, 11) is 1.54. The zero-order valence-corrected chi connectivity index (χ0v) is 20.1. The van der Waals surface area contributed by atoms with Gasteiger partial charge in [0.2, 0.25) is 0 Å². The molecular formula is C24H35N3O4. The van der Waals surface area contributed by atoms with Crippen LogP contribution in [0.4, 0.5) is 5.69 Å². The van der Waals surface area contributed by atoms with E-state index >= 15 is 0 Å². The Morgan fingerprint density at radius 3 is 2.23 bits per heavy atom. The molecule has 0 unspecified atom stereocenters. The van der Waals surface area contributed by atoms with Gasteiger partial charge < -0.3 is 19.7 Å². The number of rotatable bonds is 5. The van der Waals surface area contributed by atoms with Crippen molar-refractivity contribution in [2.45, 2.75) is 66.2 Å². The lowest BCUT2D eigenvalue weighted by Gasteiger charge is -2.34. The molecule has 2 rings (SSSR count). The van der Waals surface area contributed by atoms with Gasteiger partial charge in [-0.2, -0.15) is 0 Å². The van der Waals surface area contributed by atoms with Gasteiger partial charge in [-0.15, -0.1) is 0 Å². The van der Waals surface area contributed by atoms with Gasteiger partial charge in [0.1, 0.15) is 17.2 Å². The number of methoxy groups -OCH3 is 1. The Balaban J connectivity index is 2.87. The molecule has 0 bridgehead atoms. The third-order valence-electron chi connectivity index (χ3n) is 4.97. The minimum Gasteiger partial charge on any atom is -0.507 e. The highest BCUT2D eigenvalue weighted by atomic mass is 16.5. The van der Waals surface area contributed by atoms with Crippen LogP contribution in [0.5, 0.6) is 11.5 Å². The molecule has 0 saturated carbocycles. The number of hydrogen-bond donors (Lipinski definition) is 2. The number of anilines is 1. The standard InChI is InChI=1S/C24H35N3O4/c1-14(2)13-27(22(30)16-11-26-18(28)12-25-16)17-10-15(23(3,4)5)20(29)19(21(17)31-9)24(6,7)8/h10-12,14,29H,13H2,1-9H3,(H,26,28). The maximum absolute atomic E-state index is 13.5. The first kappa shape index (κ1) is 24.4. The third kappa shape index (κ3) is 5.27. The van der Waals surface area contributed by atoms with Gasteiger partial charge in [0, 0.05) is 23.9 Å². The van der Waals surface area contributed by atoms with E-state index in [1.807, 2.05) is 61.5 Å². The van der Waals surface area contributed by atoms with Gasteiger partial charge in [-0.1, -0.05) is 55.4 Å². The normalized spacial score (nSPS) is 12.2. The molecule has 1 aromatic carbocycles. The van der Waals surface area contributed by atoms with Crippen molar-refractivity contribution in [1.82, 2.24) is 9.97 Å². The number of carbonyl (C=O) groups excluding carboxylic acids is 1. The summed E-state index contributed by atoms with van der Waals surface area (Å²) >= 11 is 0. The lowest BCUT2D eigenvalue weighted by atomic mass is 9.78. The molecule has 0 radical (unpaired) electrons. The summed E-state index contributed by atoms with van der Waals surface area (Å²) < 4.78 is 5.79. The van der Waals surface area contributed by atoms with Gasteiger partial charge >= 0.3 is 0 Å². The highest BCUT2D eigenvalue weighted by Gasteiger charge is 2.34. The first-order valence-corrected chi connectivity index (χ1v) is 10.5. The van der Waals surface area contributed by atoms with Crippen molar-refractivity contribution < 1.29 is 14.6 Å². The molecule has 2 aromatic rings. The van der Waals surface area contributed by atoms with Crippen LogP contribution in [0.25, 0.3) is 0 Å². The number of aromatic nitrogens is 2. The number of phenolic OH excluding ortho intramolecular Hbond substituents is 1. The Morgan fingerprint density at radius 1 is 1.19 bits per heavy atom. The first-order chi connectivity index (χ1) is 14.2. The fraction of sp³-hybridized carbons (Fsp3) is 0.542. The average Bonchev–Trinajstić information content (AvgIpc) is 2.63. The third-order valence-corrected chi connectivity index (χ3v) is 4.97. The van der Waals surface area contributed by atoms with E-state index < -0.39 is 5.41 Å². The number of aromatic amines is 1. The van der Waals surface area contributed by atoms with Gasteiger partial charge in [-0.25, -0.2) is 4.98 Å². The van der Waals surface area contributed by atoms with Crippen LogP contribution in [0.1, 0.15) is 77.0 Å². The van der Waals surface area contributed by atoms with Crippen LogP contribution in [0.3, 0.4) is 0 Å². The highest BCUT2D eigenvalue weighted by Crippen LogP contribution is 2.49. The summed E-state index contributed by atoms with van der Waals surface area (Å²) in [6.07, 6.45) is 2.41. The number of amides is 1. The van der Waals surface area contributed by atoms with E-state index in [0.29, 0.717) is 23.5 Å². The van der Waals surface area contributed by atoms with Crippen LogP contribution in [0.15, 0.2) is 23.3 Å². The fourth-order valence-electron chi connectivity index (χ4n) is 3.57. The van der Waals surface area contributed by atoms with E-state index in [-0.39, 0.29) is 34.2 Å². The number of nitrogens with one attached hydrogen (secondary N) is 1. The van der Waals surface area contributed by atoms with Gasteiger partial charge in [0.05, 0.1) is 19.0 Å². The molecule has 7 heteroatoms. The number of hydrogen-bond acceptors (Lipinski definition) is 5. The lowest BCUT2D eigenvalue weighted by molar-refractivity contribution is 0.0977. The molecule has 0 saturated heterocycles. The summed E-state index contributed by atoms with van der Waals surface area (Å²) in [6, 6.07) is 1.83. The number of carbonyl (C=O) groups is 1. The van der Waals surface area contributed by atoms with E-state index in [1.54, 1.807) is 12.0 Å². The summed E-state index contributed by atoms with van der Waals surface area (Å²) in [5.74, 6) is 0.436. The van der Waals surface area contributed by atoms with Crippen LogP contribution in [-0.2, 0) is 10.8 Å².